The highest BCUT2D eigenvalue weighted by molar-refractivity contribution is 6.30. The molecule has 21 heavy (non-hydrogen) atoms. The lowest BCUT2D eigenvalue weighted by molar-refractivity contribution is 0.493. The van der Waals surface area contributed by atoms with Gasteiger partial charge in [0.2, 0.25) is 0 Å². The molecule has 0 aliphatic heterocycles. The fourth-order valence-electron chi connectivity index (χ4n) is 2.60. The topological polar surface area (TPSA) is 17.0 Å². The van der Waals surface area contributed by atoms with Crippen molar-refractivity contribution >= 4 is 11.6 Å². The Balaban J connectivity index is 2.05. The van der Waals surface area contributed by atoms with Crippen LogP contribution in [-0.2, 0) is 6.54 Å². The van der Waals surface area contributed by atoms with Gasteiger partial charge in [0.25, 0.3) is 0 Å². The number of halogens is 1. The van der Waals surface area contributed by atoms with Crippen molar-refractivity contribution in [3.05, 3.63) is 58.9 Å². The number of aromatic nitrogens is 1. The van der Waals surface area contributed by atoms with Crippen molar-refractivity contribution < 1.29 is 0 Å². The molecule has 2 aromatic rings. The van der Waals surface area contributed by atoms with Gasteiger partial charge in [-0.3, -0.25) is 0 Å². The molecule has 1 aromatic heterocycles. The minimum Gasteiger partial charge on any atom is -0.350 e. The van der Waals surface area contributed by atoms with Gasteiger partial charge in [0.15, 0.2) is 0 Å². The van der Waals surface area contributed by atoms with Crippen molar-refractivity contribution in [2.75, 3.05) is 6.54 Å². The van der Waals surface area contributed by atoms with E-state index in [9.17, 15) is 0 Å². The van der Waals surface area contributed by atoms with Crippen LogP contribution in [0.3, 0.4) is 0 Å². The molecule has 0 spiro atoms. The molecule has 1 unspecified atom stereocenters. The minimum atomic E-state index is 0.468. The van der Waals surface area contributed by atoms with Crippen LogP contribution in [0.25, 0.3) is 0 Å². The largest absolute Gasteiger partial charge is 0.350 e. The summed E-state index contributed by atoms with van der Waals surface area (Å²) < 4.78 is 2.23. The maximum Gasteiger partial charge on any atom is 0.0470 e. The first-order chi connectivity index (χ1) is 10.2. The third kappa shape index (κ3) is 4.90. The van der Waals surface area contributed by atoms with E-state index in [0.717, 1.165) is 18.1 Å². The van der Waals surface area contributed by atoms with E-state index in [1.165, 1.54) is 30.4 Å². The molecule has 1 atom stereocenters. The second-order valence-corrected chi connectivity index (χ2v) is 5.98. The Morgan fingerprint density at radius 3 is 2.76 bits per heavy atom. The zero-order valence-electron chi connectivity index (χ0n) is 13.0. The molecule has 0 amide bonds. The lowest BCUT2D eigenvalue weighted by Crippen LogP contribution is -2.21. The summed E-state index contributed by atoms with van der Waals surface area (Å²) >= 11 is 6.05. The fourth-order valence-corrected chi connectivity index (χ4v) is 2.82. The summed E-state index contributed by atoms with van der Waals surface area (Å²) in [7, 11) is 0. The highest BCUT2D eigenvalue weighted by Gasteiger charge is 2.11. The van der Waals surface area contributed by atoms with Gasteiger partial charge in [-0.25, -0.2) is 0 Å². The van der Waals surface area contributed by atoms with Gasteiger partial charge in [0.05, 0.1) is 0 Å². The Kier molecular flexibility index (Phi) is 6.34. The molecule has 0 bridgehead atoms. The monoisotopic (exact) mass is 304 g/mol. The quantitative estimate of drug-likeness (QED) is 0.723. The second kappa shape index (κ2) is 8.26. The van der Waals surface area contributed by atoms with Gasteiger partial charge in [-0.05, 0) is 48.7 Å². The summed E-state index contributed by atoms with van der Waals surface area (Å²) in [5, 5.41) is 4.44. The first kappa shape index (κ1) is 16.1. The maximum atomic E-state index is 6.05. The molecule has 0 fully saturated rings. The Hall–Kier alpha value is -1.25. The minimum absolute atomic E-state index is 0.468. The van der Waals surface area contributed by atoms with E-state index >= 15 is 0 Å². The van der Waals surface area contributed by atoms with Crippen molar-refractivity contribution in [1.29, 1.82) is 0 Å². The van der Waals surface area contributed by atoms with Crippen LogP contribution >= 0.6 is 11.6 Å². The van der Waals surface area contributed by atoms with Gasteiger partial charge >= 0.3 is 0 Å². The van der Waals surface area contributed by atoms with Crippen LogP contribution in [0, 0.1) is 0 Å². The Morgan fingerprint density at radius 1 is 1.19 bits per heavy atom. The Labute approximate surface area is 133 Å². The fraction of sp³-hybridized carbons (Fsp3) is 0.444. The SMILES string of the molecule is CCCNC(CCC)c1ccn(Cc2cccc(Cl)c2)c1. The van der Waals surface area contributed by atoms with Gasteiger partial charge in [0, 0.05) is 30.0 Å². The number of hydrogen-bond acceptors (Lipinski definition) is 1. The summed E-state index contributed by atoms with van der Waals surface area (Å²) in [6.07, 6.45) is 7.96. The number of nitrogens with zero attached hydrogens (tertiary/aromatic N) is 1. The van der Waals surface area contributed by atoms with Crippen LogP contribution < -0.4 is 5.32 Å². The summed E-state index contributed by atoms with van der Waals surface area (Å²) in [5.74, 6) is 0. The summed E-state index contributed by atoms with van der Waals surface area (Å²) in [6.45, 7) is 6.39. The van der Waals surface area contributed by atoms with E-state index in [2.05, 4.69) is 48.3 Å². The first-order valence-corrected chi connectivity index (χ1v) is 8.24. The predicted molar refractivity (Wildman–Crippen MR) is 90.9 cm³/mol. The van der Waals surface area contributed by atoms with Gasteiger partial charge in [-0.15, -0.1) is 0 Å². The molecule has 2 rings (SSSR count). The molecule has 0 aliphatic rings. The van der Waals surface area contributed by atoms with Crippen LogP contribution in [-0.4, -0.2) is 11.1 Å². The molecule has 0 saturated carbocycles. The first-order valence-electron chi connectivity index (χ1n) is 7.86. The van der Waals surface area contributed by atoms with E-state index in [0.29, 0.717) is 6.04 Å². The predicted octanol–water partition coefficient (Wildman–Crippen LogP) is 5.03. The molecule has 1 N–H and O–H groups in total. The third-order valence-corrected chi connectivity index (χ3v) is 3.88. The summed E-state index contributed by atoms with van der Waals surface area (Å²) in [5.41, 5.74) is 2.62. The number of hydrogen-bond donors (Lipinski definition) is 1. The van der Waals surface area contributed by atoms with Gasteiger partial charge < -0.3 is 9.88 Å². The molecule has 3 heteroatoms. The lowest BCUT2D eigenvalue weighted by atomic mass is 10.1. The zero-order chi connectivity index (χ0) is 15.1. The van der Waals surface area contributed by atoms with Gasteiger partial charge in [-0.1, -0.05) is 44.0 Å². The molecule has 0 saturated heterocycles. The van der Waals surface area contributed by atoms with E-state index in [1.54, 1.807) is 0 Å². The van der Waals surface area contributed by atoms with Crippen molar-refractivity contribution in [2.24, 2.45) is 0 Å². The molecule has 114 valence electrons. The Bertz CT molecular complexity index is 548. The normalized spacial score (nSPS) is 12.5. The van der Waals surface area contributed by atoms with Crippen molar-refractivity contribution in [2.45, 2.75) is 45.7 Å². The maximum absolute atomic E-state index is 6.05. The van der Waals surface area contributed by atoms with Crippen molar-refractivity contribution in [3.63, 3.8) is 0 Å². The second-order valence-electron chi connectivity index (χ2n) is 5.54. The van der Waals surface area contributed by atoms with Crippen molar-refractivity contribution in [1.82, 2.24) is 9.88 Å². The van der Waals surface area contributed by atoms with Crippen LogP contribution in [0.1, 0.15) is 50.3 Å². The van der Waals surface area contributed by atoms with Gasteiger partial charge in [0.1, 0.15) is 0 Å². The summed E-state index contributed by atoms with van der Waals surface area (Å²) in [4.78, 5) is 0. The number of rotatable bonds is 8. The average Bonchev–Trinajstić information content (AvgIpc) is 2.92. The Morgan fingerprint density at radius 2 is 2.05 bits per heavy atom. The molecular formula is C18H25ClN2. The molecule has 0 aliphatic carbocycles. The summed E-state index contributed by atoms with van der Waals surface area (Å²) in [6, 6.07) is 10.8. The van der Waals surface area contributed by atoms with E-state index in [1.807, 2.05) is 18.2 Å². The molecule has 2 nitrogen and oxygen atoms in total. The zero-order valence-corrected chi connectivity index (χ0v) is 13.7. The molecular weight excluding hydrogens is 280 g/mol. The van der Waals surface area contributed by atoms with E-state index in [4.69, 9.17) is 11.6 Å². The number of nitrogens with one attached hydrogen (secondary N) is 1. The van der Waals surface area contributed by atoms with Crippen LogP contribution in [0.4, 0.5) is 0 Å². The van der Waals surface area contributed by atoms with Crippen LogP contribution in [0.5, 0.6) is 0 Å². The van der Waals surface area contributed by atoms with E-state index in [-0.39, 0.29) is 0 Å². The third-order valence-electron chi connectivity index (χ3n) is 3.65. The van der Waals surface area contributed by atoms with E-state index < -0.39 is 0 Å². The van der Waals surface area contributed by atoms with Gasteiger partial charge in [-0.2, -0.15) is 0 Å². The molecule has 1 heterocycles. The standard InChI is InChI=1S/C18H25ClN2/c1-3-6-18(20-10-4-2)16-9-11-21(14-16)13-15-7-5-8-17(19)12-15/h5,7-9,11-12,14,18,20H,3-4,6,10,13H2,1-2H3. The average molecular weight is 305 g/mol. The van der Waals surface area contributed by atoms with Crippen molar-refractivity contribution in [3.8, 4) is 0 Å². The molecule has 1 aromatic carbocycles. The molecule has 0 radical (unpaired) electrons. The van der Waals surface area contributed by atoms with Crippen LogP contribution in [0.2, 0.25) is 5.02 Å². The number of benzene rings is 1. The van der Waals surface area contributed by atoms with Crippen LogP contribution in [0.15, 0.2) is 42.7 Å². The highest BCUT2D eigenvalue weighted by atomic mass is 35.5. The highest BCUT2D eigenvalue weighted by Crippen LogP contribution is 2.20. The smallest absolute Gasteiger partial charge is 0.0470 e. The lowest BCUT2D eigenvalue weighted by Gasteiger charge is -2.16.